The molecule has 5 nitrogen and oxygen atoms in total. The van der Waals surface area contributed by atoms with Crippen molar-refractivity contribution >= 4 is 38.7 Å². The lowest BCUT2D eigenvalue weighted by atomic mass is 10.0. The van der Waals surface area contributed by atoms with Crippen molar-refractivity contribution in [2.45, 2.75) is 19.3 Å². The molecule has 0 atom stereocenters. The first kappa shape index (κ1) is 13.6. The Kier molecular flexibility index (Phi) is 3.90. The summed E-state index contributed by atoms with van der Waals surface area (Å²) < 4.78 is 0.898. The summed E-state index contributed by atoms with van der Waals surface area (Å²) in [5.74, 6) is -1.38. The molecule has 0 saturated carbocycles. The Balaban J connectivity index is 2.42. The predicted octanol–water partition coefficient (Wildman–Crippen LogP) is 2.44. The number of fused-ring (bicyclic) bond motifs is 1. The van der Waals surface area contributed by atoms with Crippen LogP contribution in [0.2, 0.25) is 0 Å². The zero-order valence-corrected chi connectivity index (χ0v) is 11.7. The van der Waals surface area contributed by atoms with Gasteiger partial charge in [-0.3, -0.25) is 9.59 Å². The van der Waals surface area contributed by atoms with E-state index in [0.717, 1.165) is 20.9 Å². The standard InChI is InChI=1S/C13H13BrN2O3/c14-7-4-5-10-9(6-7)8(2-1-3-11(17)18)12(16-10)13(15)19/h4-6,16H,1-3H2,(H2,15,19)(H,17,18). The Morgan fingerprint density at radius 3 is 2.74 bits per heavy atom. The van der Waals surface area contributed by atoms with E-state index in [2.05, 4.69) is 20.9 Å². The van der Waals surface area contributed by atoms with Crippen molar-refractivity contribution in [1.29, 1.82) is 0 Å². The second kappa shape index (κ2) is 5.44. The number of benzene rings is 1. The maximum atomic E-state index is 11.4. The Morgan fingerprint density at radius 2 is 2.11 bits per heavy atom. The molecule has 2 aromatic rings. The predicted molar refractivity (Wildman–Crippen MR) is 75.1 cm³/mol. The number of primary amides is 1. The quantitative estimate of drug-likeness (QED) is 0.788. The van der Waals surface area contributed by atoms with Crippen molar-refractivity contribution in [3.8, 4) is 0 Å². The van der Waals surface area contributed by atoms with Gasteiger partial charge in [0, 0.05) is 21.8 Å². The van der Waals surface area contributed by atoms with E-state index in [4.69, 9.17) is 10.8 Å². The monoisotopic (exact) mass is 324 g/mol. The average Bonchev–Trinajstić information content (AvgIpc) is 2.67. The summed E-state index contributed by atoms with van der Waals surface area (Å²) in [6.45, 7) is 0. The molecule has 0 aliphatic carbocycles. The molecule has 19 heavy (non-hydrogen) atoms. The smallest absolute Gasteiger partial charge is 0.303 e. The van der Waals surface area contributed by atoms with Crippen LogP contribution in [0.1, 0.15) is 28.9 Å². The highest BCUT2D eigenvalue weighted by Crippen LogP contribution is 2.27. The molecule has 0 bridgehead atoms. The summed E-state index contributed by atoms with van der Waals surface area (Å²) in [7, 11) is 0. The number of aromatic amines is 1. The number of rotatable bonds is 5. The molecule has 1 aromatic heterocycles. The molecule has 1 amide bonds. The van der Waals surface area contributed by atoms with Crippen LogP contribution >= 0.6 is 15.9 Å². The number of carboxylic acid groups (broad SMARTS) is 1. The highest BCUT2D eigenvalue weighted by molar-refractivity contribution is 9.10. The fraction of sp³-hybridized carbons (Fsp3) is 0.231. The van der Waals surface area contributed by atoms with Gasteiger partial charge in [0.1, 0.15) is 5.69 Å². The van der Waals surface area contributed by atoms with Crippen LogP contribution in [-0.4, -0.2) is 22.0 Å². The number of aryl methyl sites for hydroxylation is 1. The van der Waals surface area contributed by atoms with Crippen LogP contribution in [-0.2, 0) is 11.2 Å². The number of halogens is 1. The molecule has 1 aromatic carbocycles. The first-order valence-electron chi connectivity index (χ1n) is 5.80. The van der Waals surface area contributed by atoms with Gasteiger partial charge in [-0.25, -0.2) is 0 Å². The van der Waals surface area contributed by atoms with Crippen LogP contribution in [0.3, 0.4) is 0 Å². The van der Waals surface area contributed by atoms with Crippen molar-refractivity contribution in [2.75, 3.05) is 0 Å². The minimum Gasteiger partial charge on any atom is -0.481 e. The molecule has 0 fully saturated rings. The third-order valence-corrected chi connectivity index (χ3v) is 3.43. The maximum absolute atomic E-state index is 11.4. The van der Waals surface area contributed by atoms with Gasteiger partial charge in [0.25, 0.3) is 5.91 Å². The highest BCUT2D eigenvalue weighted by atomic mass is 79.9. The average molecular weight is 325 g/mol. The zero-order valence-electron chi connectivity index (χ0n) is 10.1. The van der Waals surface area contributed by atoms with Crippen LogP contribution < -0.4 is 5.73 Å². The minimum atomic E-state index is -0.846. The fourth-order valence-electron chi connectivity index (χ4n) is 2.11. The number of nitrogens with one attached hydrogen (secondary N) is 1. The number of carbonyl (C=O) groups excluding carboxylic acids is 1. The normalized spacial score (nSPS) is 10.8. The Morgan fingerprint density at radius 1 is 1.37 bits per heavy atom. The number of aromatic nitrogens is 1. The van der Waals surface area contributed by atoms with Crippen LogP contribution in [0.25, 0.3) is 10.9 Å². The molecule has 1 heterocycles. The van der Waals surface area contributed by atoms with Gasteiger partial charge in [-0.15, -0.1) is 0 Å². The minimum absolute atomic E-state index is 0.0683. The molecule has 0 radical (unpaired) electrons. The molecule has 0 aliphatic heterocycles. The summed E-state index contributed by atoms with van der Waals surface area (Å²) in [6.07, 6.45) is 1.04. The summed E-state index contributed by atoms with van der Waals surface area (Å²) in [5, 5.41) is 9.57. The van der Waals surface area contributed by atoms with E-state index in [0.29, 0.717) is 18.5 Å². The molecule has 6 heteroatoms. The molecule has 0 unspecified atom stereocenters. The third-order valence-electron chi connectivity index (χ3n) is 2.93. The van der Waals surface area contributed by atoms with E-state index in [1.807, 2.05) is 18.2 Å². The van der Waals surface area contributed by atoms with Crippen LogP contribution in [0, 0.1) is 0 Å². The summed E-state index contributed by atoms with van der Waals surface area (Å²) in [4.78, 5) is 25.0. The van der Waals surface area contributed by atoms with Gasteiger partial charge in [-0.2, -0.15) is 0 Å². The SMILES string of the molecule is NC(=O)c1[nH]c2ccc(Br)cc2c1CCCC(=O)O. The Hall–Kier alpha value is -1.82. The topological polar surface area (TPSA) is 96.2 Å². The van der Waals surface area contributed by atoms with Crippen molar-refractivity contribution in [3.63, 3.8) is 0 Å². The molecule has 0 saturated heterocycles. The zero-order chi connectivity index (χ0) is 14.0. The first-order chi connectivity index (χ1) is 8.99. The second-order valence-corrected chi connectivity index (χ2v) is 5.20. The van der Waals surface area contributed by atoms with Crippen molar-refractivity contribution < 1.29 is 14.7 Å². The van der Waals surface area contributed by atoms with E-state index >= 15 is 0 Å². The number of carboxylic acids is 1. The molecule has 0 aliphatic rings. The number of hydrogen-bond acceptors (Lipinski definition) is 2. The van der Waals surface area contributed by atoms with Gasteiger partial charge in [0.2, 0.25) is 0 Å². The number of hydrogen-bond donors (Lipinski definition) is 3. The Labute approximate surface area is 117 Å². The second-order valence-electron chi connectivity index (χ2n) is 4.28. The molecule has 100 valence electrons. The molecular formula is C13H13BrN2O3. The lowest BCUT2D eigenvalue weighted by Crippen LogP contribution is -2.13. The number of carbonyl (C=O) groups is 2. The van der Waals surface area contributed by atoms with Gasteiger partial charge < -0.3 is 15.8 Å². The third kappa shape index (κ3) is 2.96. The van der Waals surface area contributed by atoms with Crippen molar-refractivity contribution in [2.24, 2.45) is 5.73 Å². The van der Waals surface area contributed by atoms with E-state index in [-0.39, 0.29) is 6.42 Å². The number of amides is 1. The maximum Gasteiger partial charge on any atom is 0.303 e. The van der Waals surface area contributed by atoms with Gasteiger partial charge in [-0.05, 0) is 36.6 Å². The first-order valence-corrected chi connectivity index (χ1v) is 6.60. The lowest BCUT2D eigenvalue weighted by Gasteiger charge is -2.01. The van der Waals surface area contributed by atoms with Gasteiger partial charge in [0.05, 0.1) is 0 Å². The molecule has 0 spiro atoms. The fourth-order valence-corrected chi connectivity index (χ4v) is 2.47. The lowest BCUT2D eigenvalue weighted by molar-refractivity contribution is -0.137. The molecule has 4 N–H and O–H groups in total. The summed E-state index contributed by atoms with van der Waals surface area (Å²) >= 11 is 3.38. The molecule has 2 rings (SSSR count). The highest BCUT2D eigenvalue weighted by Gasteiger charge is 2.15. The Bertz CT molecular complexity index is 649. The van der Waals surface area contributed by atoms with Crippen molar-refractivity contribution in [3.05, 3.63) is 33.9 Å². The van der Waals surface area contributed by atoms with Crippen LogP contribution in [0.5, 0.6) is 0 Å². The largest absolute Gasteiger partial charge is 0.481 e. The summed E-state index contributed by atoms with van der Waals surface area (Å²) in [5.41, 5.74) is 7.31. The number of aliphatic carboxylic acids is 1. The molecular weight excluding hydrogens is 312 g/mol. The summed E-state index contributed by atoms with van der Waals surface area (Å²) in [6, 6.07) is 5.62. The van der Waals surface area contributed by atoms with Crippen LogP contribution in [0.15, 0.2) is 22.7 Å². The van der Waals surface area contributed by atoms with E-state index < -0.39 is 11.9 Å². The van der Waals surface area contributed by atoms with E-state index in [1.165, 1.54) is 0 Å². The van der Waals surface area contributed by atoms with Gasteiger partial charge in [-0.1, -0.05) is 15.9 Å². The van der Waals surface area contributed by atoms with Crippen LogP contribution in [0.4, 0.5) is 0 Å². The van der Waals surface area contributed by atoms with E-state index in [1.54, 1.807) is 0 Å². The van der Waals surface area contributed by atoms with E-state index in [9.17, 15) is 9.59 Å². The van der Waals surface area contributed by atoms with Gasteiger partial charge in [0.15, 0.2) is 0 Å². The van der Waals surface area contributed by atoms with Gasteiger partial charge >= 0.3 is 5.97 Å². The number of H-pyrrole nitrogens is 1. The van der Waals surface area contributed by atoms with Crippen molar-refractivity contribution in [1.82, 2.24) is 4.98 Å². The number of nitrogens with two attached hydrogens (primary N) is 1.